The highest BCUT2D eigenvalue weighted by Crippen LogP contribution is 2.40. The number of hydrogen-bond donors (Lipinski definition) is 1. The lowest BCUT2D eigenvalue weighted by molar-refractivity contribution is 0.244. The number of nitrogens with zero attached hydrogens (tertiary/aromatic N) is 3. The standard InChI is InChI=1S/C26H23ClN4O2S/c1-4-17-8-10-18(11-9-17)23-22(25-29-24(30-33-25)21-6-5-13-34-21)16(3)31(26(32)28-23)19-12-7-15(2)20(27)14-19/h5-14,23H,4H2,1-3H3,(H,28,32). The summed E-state index contributed by atoms with van der Waals surface area (Å²) < 4.78 is 5.74. The summed E-state index contributed by atoms with van der Waals surface area (Å²) in [5, 5.41) is 9.90. The average Bonchev–Trinajstić information content (AvgIpc) is 3.53. The van der Waals surface area contributed by atoms with E-state index in [9.17, 15) is 4.79 Å². The molecule has 2 aromatic carbocycles. The van der Waals surface area contributed by atoms with E-state index in [-0.39, 0.29) is 6.03 Å². The first-order valence-electron chi connectivity index (χ1n) is 11.0. The van der Waals surface area contributed by atoms with Crippen molar-refractivity contribution in [1.29, 1.82) is 0 Å². The van der Waals surface area contributed by atoms with Gasteiger partial charge in [0.05, 0.1) is 22.2 Å². The summed E-state index contributed by atoms with van der Waals surface area (Å²) in [6.45, 7) is 5.93. The molecule has 4 aromatic rings. The van der Waals surface area contributed by atoms with Gasteiger partial charge in [-0.05, 0) is 60.5 Å². The minimum Gasteiger partial charge on any atom is -0.334 e. The van der Waals surface area contributed by atoms with Crippen molar-refractivity contribution in [2.45, 2.75) is 33.2 Å². The van der Waals surface area contributed by atoms with Gasteiger partial charge in [0, 0.05) is 10.7 Å². The Morgan fingerprint density at radius 1 is 1.15 bits per heavy atom. The fraction of sp³-hybridized carbons (Fsp3) is 0.192. The summed E-state index contributed by atoms with van der Waals surface area (Å²) in [7, 11) is 0. The molecule has 1 atom stereocenters. The number of urea groups is 1. The van der Waals surface area contributed by atoms with Gasteiger partial charge in [-0.25, -0.2) is 4.79 Å². The lowest BCUT2D eigenvalue weighted by atomic mass is 9.93. The maximum absolute atomic E-state index is 13.3. The number of allylic oxidation sites excluding steroid dienone is 1. The van der Waals surface area contributed by atoms with Crippen LogP contribution >= 0.6 is 22.9 Å². The zero-order valence-electron chi connectivity index (χ0n) is 19.0. The molecule has 1 unspecified atom stereocenters. The van der Waals surface area contributed by atoms with Crippen LogP contribution in [0.4, 0.5) is 10.5 Å². The number of carbonyl (C=O) groups excluding carboxylic acids is 1. The summed E-state index contributed by atoms with van der Waals surface area (Å²) in [4.78, 5) is 20.6. The van der Waals surface area contributed by atoms with Crippen LogP contribution in [0.15, 0.2) is 70.2 Å². The van der Waals surface area contributed by atoms with Crippen molar-refractivity contribution in [3.05, 3.63) is 93.3 Å². The molecule has 0 aliphatic carbocycles. The van der Waals surface area contributed by atoms with Crippen LogP contribution in [0.1, 0.15) is 42.5 Å². The zero-order chi connectivity index (χ0) is 23.8. The molecule has 3 heterocycles. The predicted octanol–water partition coefficient (Wildman–Crippen LogP) is 7.02. The molecule has 34 heavy (non-hydrogen) atoms. The topological polar surface area (TPSA) is 71.3 Å². The minimum absolute atomic E-state index is 0.247. The molecule has 0 spiro atoms. The Morgan fingerprint density at radius 3 is 2.62 bits per heavy atom. The van der Waals surface area contributed by atoms with Crippen molar-refractivity contribution in [3.8, 4) is 10.7 Å². The predicted molar refractivity (Wildman–Crippen MR) is 136 cm³/mol. The smallest absolute Gasteiger partial charge is 0.326 e. The number of halogens is 1. The minimum atomic E-state index is -0.438. The van der Waals surface area contributed by atoms with Gasteiger partial charge in [-0.1, -0.05) is 60.1 Å². The molecular formula is C26H23ClN4O2S. The number of carbonyl (C=O) groups is 1. The first-order chi connectivity index (χ1) is 16.5. The van der Waals surface area contributed by atoms with Gasteiger partial charge in [-0.15, -0.1) is 11.3 Å². The van der Waals surface area contributed by atoms with Gasteiger partial charge < -0.3 is 9.84 Å². The monoisotopic (exact) mass is 490 g/mol. The van der Waals surface area contributed by atoms with Gasteiger partial charge in [0.1, 0.15) is 0 Å². The lowest BCUT2D eigenvalue weighted by Gasteiger charge is -2.35. The number of nitrogens with one attached hydrogen (secondary N) is 1. The van der Waals surface area contributed by atoms with E-state index in [1.807, 2.05) is 55.6 Å². The fourth-order valence-electron chi connectivity index (χ4n) is 4.09. The lowest BCUT2D eigenvalue weighted by Crippen LogP contribution is -2.46. The summed E-state index contributed by atoms with van der Waals surface area (Å²) in [6.07, 6.45) is 0.939. The number of anilines is 1. The fourth-order valence-corrected chi connectivity index (χ4v) is 4.91. The van der Waals surface area contributed by atoms with E-state index in [4.69, 9.17) is 21.1 Å². The van der Waals surface area contributed by atoms with Crippen LogP contribution in [0.2, 0.25) is 5.02 Å². The highest BCUT2D eigenvalue weighted by atomic mass is 35.5. The Morgan fingerprint density at radius 2 is 1.94 bits per heavy atom. The van der Waals surface area contributed by atoms with Crippen LogP contribution in [-0.4, -0.2) is 16.2 Å². The van der Waals surface area contributed by atoms with Crippen molar-refractivity contribution in [1.82, 2.24) is 15.5 Å². The summed E-state index contributed by atoms with van der Waals surface area (Å²) >= 11 is 7.92. The third-order valence-electron chi connectivity index (χ3n) is 6.02. The molecule has 0 saturated heterocycles. The third-order valence-corrected chi connectivity index (χ3v) is 7.29. The van der Waals surface area contributed by atoms with Crippen LogP contribution in [0, 0.1) is 6.92 Å². The molecule has 172 valence electrons. The average molecular weight is 491 g/mol. The summed E-state index contributed by atoms with van der Waals surface area (Å²) in [5.74, 6) is 0.890. The zero-order valence-corrected chi connectivity index (χ0v) is 20.6. The van der Waals surface area contributed by atoms with Crippen LogP contribution in [0.5, 0.6) is 0 Å². The largest absolute Gasteiger partial charge is 0.334 e. The number of aryl methyl sites for hydroxylation is 2. The van der Waals surface area contributed by atoms with Crippen LogP contribution in [-0.2, 0) is 6.42 Å². The van der Waals surface area contributed by atoms with Crippen molar-refractivity contribution >= 4 is 40.2 Å². The molecule has 1 N–H and O–H groups in total. The Hall–Kier alpha value is -3.42. The molecule has 5 rings (SSSR count). The van der Waals surface area contributed by atoms with Gasteiger partial charge in [-0.3, -0.25) is 4.90 Å². The van der Waals surface area contributed by atoms with Crippen LogP contribution in [0.25, 0.3) is 16.3 Å². The van der Waals surface area contributed by atoms with E-state index in [1.54, 1.807) is 22.3 Å². The van der Waals surface area contributed by atoms with Crippen LogP contribution in [0.3, 0.4) is 0 Å². The number of thiophene rings is 1. The highest BCUT2D eigenvalue weighted by molar-refractivity contribution is 7.13. The van der Waals surface area contributed by atoms with Crippen molar-refractivity contribution in [2.75, 3.05) is 4.90 Å². The summed E-state index contributed by atoms with van der Waals surface area (Å²) in [6, 6.07) is 17.0. The normalized spacial score (nSPS) is 16.2. The second kappa shape index (κ2) is 9.08. The SMILES string of the molecule is CCc1ccc(C2NC(=O)N(c3ccc(C)c(Cl)c3)C(C)=C2c2nc(-c3cccs3)no2)cc1. The Bertz CT molecular complexity index is 1380. The third kappa shape index (κ3) is 4.02. The summed E-state index contributed by atoms with van der Waals surface area (Å²) in [5.41, 5.74) is 5.22. The van der Waals surface area contributed by atoms with Gasteiger partial charge in [0.25, 0.3) is 5.89 Å². The van der Waals surface area contributed by atoms with Crippen LogP contribution < -0.4 is 10.2 Å². The van der Waals surface area contributed by atoms with Gasteiger partial charge in [-0.2, -0.15) is 4.98 Å². The highest BCUT2D eigenvalue weighted by Gasteiger charge is 2.36. The van der Waals surface area contributed by atoms with E-state index in [1.165, 1.54) is 5.56 Å². The maximum Gasteiger partial charge on any atom is 0.326 e. The molecule has 2 amide bonds. The second-order valence-electron chi connectivity index (χ2n) is 8.15. The molecular weight excluding hydrogens is 468 g/mol. The Kier molecular flexibility index (Phi) is 5.98. The quantitative estimate of drug-likeness (QED) is 0.326. The number of aromatic nitrogens is 2. The van der Waals surface area contributed by atoms with Gasteiger partial charge in [0.2, 0.25) is 5.82 Å². The van der Waals surface area contributed by atoms with E-state index < -0.39 is 6.04 Å². The molecule has 2 aromatic heterocycles. The molecule has 1 aliphatic heterocycles. The molecule has 1 aliphatic rings. The van der Waals surface area contributed by atoms with E-state index in [0.29, 0.717) is 28.1 Å². The van der Waals surface area contributed by atoms with Crippen molar-refractivity contribution < 1.29 is 9.32 Å². The molecule has 0 radical (unpaired) electrons. The second-order valence-corrected chi connectivity index (χ2v) is 9.50. The Labute approximate surface area is 206 Å². The van der Waals surface area contributed by atoms with Crippen molar-refractivity contribution in [3.63, 3.8) is 0 Å². The van der Waals surface area contributed by atoms with E-state index in [0.717, 1.165) is 28.0 Å². The molecule has 0 bridgehead atoms. The van der Waals surface area contributed by atoms with E-state index >= 15 is 0 Å². The van der Waals surface area contributed by atoms with Gasteiger partial charge >= 0.3 is 6.03 Å². The number of hydrogen-bond acceptors (Lipinski definition) is 5. The van der Waals surface area contributed by atoms with Gasteiger partial charge in [0.15, 0.2) is 0 Å². The van der Waals surface area contributed by atoms with Crippen molar-refractivity contribution in [2.24, 2.45) is 0 Å². The number of rotatable bonds is 5. The molecule has 8 heteroatoms. The van der Waals surface area contributed by atoms with E-state index in [2.05, 4.69) is 29.5 Å². The molecule has 0 fully saturated rings. The maximum atomic E-state index is 13.3. The molecule has 6 nitrogen and oxygen atoms in total. The first kappa shape index (κ1) is 22.4. The number of amides is 2. The molecule has 0 saturated carbocycles. The number of benzene rings is 2. The first-order valence-corrected chi connectivity index (χ1v) is 12.3. The Balaban J connectivity index is 1.65.